The first-order valence-electron chi connectivity index (χ1n) is 8.35. The molecule has 0 spiro atoms. The molecule has 0 unspecified atom stereocenters. The highest BCUT2D eigenvalue weighted by atomic mass is 15.4. The number of hydrogen-bond donors (Lipinski definition) is 2. The lowest BCUT2D eigenvalue weighted by molar-refractivity contribution is -0.0266. The average molecular weight is 270 g/mol. The van der Waals surface area contributed by atoms with Crippen LogP contribution in [0.5, 0.6) is 0 Å². The number of benzene rings is 1. The Kier molecular flexibility index (Phi) is 3.31. The summed E-state index contributed by atoms with van der Waals surface area (Å²) in [5, 5.41) is 0. The van der Waals surface area contributed by atoms with Gasteiger partial charge in [0.25, 0.3) is 0 Å². The molecule has 0 aliphatic heterocycles. The van der Waals surface area contributed by atoms with Gasteiger partial charge in [0.2, 0.25) is 0 Å². The Labute approximate surface area is 122 Å². The van der Waals surface area contributed by atoms with Crippen molar-refractivity contribution in [3.63, 3.8) is 0 Å². The minimum Gasteiger partial charge on any atom is -0.257 e. The van der Waals surface area contributed by atoms with Crippen molar-refractivity contribution in [2.45, 2.75) is 50.5 Å². The van der Waals surface area contributed by atoms with Gasteiger partial charge < -0.3 is 0 Å². The van der Waals surface area contributed by atoms with Crippen molar-refractivity contribution in [3.05, 3.63) is 35.9 Å². The summed E-state index contributed by atoms with van der Waals surface area (Å²) in [4.78, 5) is 0. The fraction of sp³-hybridized carbons (Fsp3) is 0.667. The highest BCUT2D eigenvalue weighted by Crippen LogP contribution is 2.55. The zero-order valence-electron chi connectivity index (χ0n) is 12.3. The van der Waals surface area contributed by atoms with E-state index in [1.165, 1.54) is 44.1 Å². The summed E-state index contributed by atoms with van der Waals surface area (Å²) in [6.45, 7) is 1.03. The third-order valence-corrected chi connectivity index (χ3v) is 5.77. The van der Waals surface area contributed by atoms with Gasteiger partial charge in [-0.3, -0.25) is 10.9 Å². The molecule has 0 heterocycles. The van der Waals surface area contributed by atoms with E-state index in [1.54, 1.807) is 0 Å². The normalized spacial score (nSPS) is 38.3. The lowest BCUT2D eigenvalue weighted by atomic mass is 9.53. The Morgan fingerprint density at radius 2 is 1.50 bits per heavy atom. The molecule has 0 saturated heterocycles. The maximum atomic E-state index is 3.75. The minimum absolute atomic E-state index is 0.436. The van der Waals surface area contributed by atoms with Gasteiger partial charge in [-0.25, -0.2) is 0 Å². The van der Waals surface area contributed by atoms with Crippen molar-refractivity contribution in [2.24, 2.45) is 17.8 Å². The first kappa shape index (κ1) is 12.8. The molecule has 4 fully saturated rings. The molecule has 1 aromatic rings. The van der Waals surface area contributed by atoms with E-state index in [-0.39, 0.29) is 0 Å². The number of hydrazine groups is 1. The number of nitrogens with one attached hydrogen (secondary N) is 2. The van der Waals surface area contributed by atoms with Gasteiger partial charge in [-0.1, -0.05) is 30.3 Å². The summed E-state index contributed by atoms with van der Waals surface area (Å²) in [5.41, 5.74) is 9.15. The van der Waals surface area contributed by atoms with E-state index in [0.29, 0.717) is 5.54 Å². The van der Waals surface area contributed by atoms with Crippen LogP contribution in [0.3, 0.4) is 0 Å². The first-order valence-corrected chi connectivity index (χ1v) is 8.35. The zero-order valence-corrected chi connectivity index (χ0v) is 12.3. The van der Waals surface area contributed by atoms with E-state index in [0.717, 1.165) is 30.7 Å². The van der Waals surface area contributed by atoms with Crippen LogP contribution in [0.1, 0.15) is 44.1 Å². The molecule has 4 saturated carbocycles. The monoisotopic (exact) mass is 270 g/mol. The van der Waals surface area contributed by atoms with E-state index in [9.17, 15) is 0 Å². The standard InChI is InChI=1S/C18H26N2/c1-2-4-14(5-3-1)6-7-19-20-18-11-15-8-16(12-18)10-17(9-15)13-18/h1-5,15-17,19-20H,6-13H2. The van der Waals surface area contributed by atoms with E-state index < -0.39 is 0 Å². The van der Waals surface area contributed by atoms with Gasteiger partial charge in [-0.15, -0.1) is 0 Å². The fourth-order valence-electron chi connectivity index (χ4n) is 5.37. The van der Waals surface area contributed by atoms with Crippen LogP contribution in [0.25, 0.3) is 0 Å². The molecular formula is C18H26N2. The van der Waals surface area contributed by atoms with Crippen molar-refractivity contribution in [2.75, 3.05) is 6.54 Å². The molecule has 2 heteroatoms. The molecule has 2 nitrogen and oxygen atoms in total. The summed E-state index contributed by atoms with van der Waals surface area (Å²) >= 11 is 0. The summed E-state index contributed by atoms with van der Waals surface area (Å²) < 4.78 is 0. The maximum Gasteiger partial charge on any atom is 0.0331 e. The highest BCUT2D eigenvalue weighted by molar-refractivity contribution is 5.14. The molecule has 1 aromatic carbocycles. The molecule has 0 radical (unpaired) electrons. The lowest BCUT2D eigenvalue weighted by Crippen LogP contribution is -2.62. The summed E-state index contributed by atoms with van der Waals surface area (Å²) in [6.07, 6.45) is 9.91. The molecule has 4 aliphatic rings. The Bertz CT molecular complexity index is 418. The second kappa shape index (κ2) is 5.16. The second-order valence-electron chi connectivity index (χ2n) is 7.49. The number of rotatable bonds is 5. The molecule has 4 aliphatic carbocycles. The Hall–Kier alpha value is -0.860. The van der Waals surface area contributed by atoms with E-state index in [1.807, 2.05) is 0 Å². The smallest absolute Gasteiger partial charge is 0.0331 e. The van der Waals surface area contributed by atoms with Crippen molar-refractivity contribution in [3.8, 4) is 0 Å². The van der Waals surface area contributed by atoms with Crippen LogP contribution in [0, 0.1) is 17.8 Å². The Morgan fingerprint density at radius 3 is 2.10 bits per heavy atom. The molecule has 4 bridgehead atoms. The highest BCUT2D eigenvalue weighted by Gasteiger charge is 2.50. The van der Waals surface area contributed by atoms with Gasteiger partial charge in [0, 0.05) is 12.1 Å². The minimum atomic E-state index is 0.436. The first-order chi connectivity index (χ1) is 9.81. The van der Waals surface area contributed by atoms with Crippen LogP contribution in [0.2, 0.25) is 0 Å². The summed E-state index contributed by atoms with van der Waals surface area (Å²) in [5.74, 6) is 3.05. The lowest BCUT2D eigenvalue weighted by Gasteiger charge is -2.57. The van der Waals surface area contributed by atoms with Crippen molar-refractivity contribution in [1.82, 2.24) is 10.9 Å². The molecular weight excluding hydrogens is 244 g/mol. The van der Waals surface area contributed by atoms with Gasteiger partial charge >= 0.3 is 0 Å². The largest absolute Gasteiger partial charge is 0.257 e. The van der Waals surface area contributed by atoms with Gasteiger partial charge in [0.15, 0.2) is 0 Å². The van der Waals surface area contributed by atoms with Crippen LogP contribution in [0.4, 0.5) is 0 Å². The molecule has 0 amide bonds. The molecule has 2 N–H and O–H groups in total. The van der Waals surface area contributed by atoms with E-state index in [4.69, 9.17) is 0 Å². The number of hydrogen-bond acceptors (Lipinski definition) is 2. The van der Waals surface area contributed by atoms with Crippen LogP contribution >= 0.6 is 0 Å². The SMILES string of the molecule is c1ccc(CCNNC23CC4CC(CC(C4)C2)C3)cc1. The van der Waals surface area contributed by atoms with Gasteiger partial charge in [0.05, 0.1) is 0 Å². The second-order valence-corrected chi connectivity index (χ2v) is 7.49. The molecule has 108 valence electrons. The van der Waals surface area contributed by atoms with Gasteiger partial charge in [-0.05, 0) is 68.3 Å². The predicted molar refractivity (Wildman–Crippen MR) is 82.2 cm³/mol. The topological polar surface area (TPSA) is 24.1 Å². The van der Waals surface area contributed by atoms with Crippen LogP contribution in [-0.2, 0) is 6.42 Å². The summed E-state index contributed by atoms with van der Waals surface area (Å²) in [7, 11) is 0. The van der Waals surface area contributed by atoms with Gasteiger partial charge in [-0.2, -0.15) is 0 Å². The Balaban J connectivity index is 1.29. The van der Waals surface area contributed by atoms with E-state index in [2.05, 4.69) is 41.2 Å². The third-order valence-electron chi connectivity index (χ3n) is 5.77. The van der Waals surface area contributed by atoms with Crippen LogP contribution in [-0.4, -0.2) is 12.1 Å². The molecule has 5 rings (SSSR count). The van der Waals surface area contributed by atoms with Crippen molar-refractivity contribution >= 4 is 0 Å². The predicted octanol–water partition coefficient (Wildman–Crippen LogP) is 3.29. The maximum absolute atomic E-state index is 3.75. The average Bonchev–Trinajstić information content (AvgIpc) is 2.43. The molecule has 20 heavy (non-hydrogen) atoms. The quantitative estimate of drug-likeness (QED) is 0.634. The van der Waals surface area contributed by atoms with Crippen molar-refractivity contribution < 1.29 is 0 Å². The van der Waals surface area contributed by atoms with Crippen LogP contribution < -0.4 is 10.9 Å². The fourth-order valence-corrected chi connectivity index (χ4v) is 5.37. The zero-order chi connectivity index (χ0) is 13.4. The summed E-state index contributed by atoms with van der Waals surface area (Å²) in [6, 6.07) is 10.8. The van der Waals surface area contributed by atoms with Crippen LogP contribution in [0.15, 0.2) is 30.3 Å². The van der Waals surface area contributed by atoms with Gasteiger partial charge in [0.1, 0.15) is 0 Å². The molecule has 0 aromatic heterocycles. The third kappa shape index (κ3) is 2.51. The van der Waals surface area contributed by atoms with E-state index >= 15 is 0 Å². The van der Waals surface area contributed by atoms with Crippen molar-refractivity contribution in [1.29, 1.82) is 0 Å². The molecule has 0 atom stereocenters. The Morgan fingerprint density at radius 1 is 0.900 bits per heavy atom.